The molecule has 0 aromatic heterocycles. The first kappa shape index (κ1) is 14.4. The summed E-state index contributed by atoms with van der Waals surface area (Å²) in [5, 5.41) is 0. The highest BCUT2D eigenvalue weighted by Gasteiger charge is 2.13. The van der Waals surface area contributed by atoms with Crippen LogP contribution in [0.4, 0.5) is 0 Å². The first-order valence-corrected chi connectivity index (χ1v) is 6.23. The van der Waals surface area contributed by atoms with Crippen LogP contribution < -0.4 is 0 Å². The van der Waals surface area contributed by atoms with Gasteiger partial charge in [-0.05, 0) is 44.4 Å². The maximum Gasteiger partial charge on any atom is 0.306 e. The minimum Gasteiger partial charge on any atom is -0.466 e. The van der Waals surface area contributed by atoms with Crippen LogP contribution in [-0.2, 0) is 9.53 Å². The molecule has 0 aliphatic carbocycles. The Morgan fingerprint density at radius 3 is 2.33 bits per heavy atom. The zero-order chi connectivity index (χ0) is 13.7. The summed E-state index contributed by atoms with van der Waals surface area (Å²) in [4.78, 5) is 23.2. The van der Waals surface area contributed by atoms with Gasteiger partial charge in [-0.3, -0.25) is 9.59 Å². The molecule has 0 atom stereocenters. The third kappa shape index (κ3) is 3.42. The number of ketones is 1. The SMILES string of the molecule is CCOC(=O)CCC(=O)c1ccc(C)c(C)c1C. The Morgan fingerprint density at radius 1 is 1.06 bits per heavy atom. The zero-order valence-electron chi connectivity index (χ0n) is 11.5. The quantitative estimate of drug-likeness (QED) is 0.594. The lowest BCUT2D eigenvalue weighted by Crippen LogP contribution is -2.09. The molecule has 98 valence electrons. The van der Waals surface area contributed by atoms with E-state index in [1.165, 1.54) is 5.56 Å². The molecule has 0 amide bonds. The van der Waals surface area contributed by atoms with Crippen molar-refractivity contribution in [2.75, 3.05) is 6.61 Å². The average molecular weight is 248 g/mol. The Kier molecular flexibility index (Phi) is 5.08. The molecule has 0 fully saturated rings. The van der Waals surface area contributed by atoms with Gasteiger partial charge in [-0.15, -0.1) is 0 Å². The van der Waals surface area contributed by atoms with Gasteiger partial charge in [0, 0.05) is 12.0 Å². The number of carbonyl (C=O) groups is 2. The Balaban J connectivity index is 2.74. The fourth-order valence-electron chi connectivity index (χ4n) is 1.84. The van der Waals surface area contributed by atoms with Crippen molar-refractivity contribution in [3.05, 3.63) is 34.4 Å². The van der Waals surface area contributed by atoms with Crippen LogP contribution in [0, 0.1) is 20.8 Å². The van der Waals surface area contributed by atoms with E-state index in [-0.39, 0.29) is 24.6 Å². The molecule has 18 heavy (non-hydrogen) atoms. The number of hydrogen-bond acceptors (Lipinski definition) is 3. The van der Waals surface area contributed by atoms with Gasteiger partial charge in [-0.25, -0.2) is 0 Å². The van der Waals surface area contributed by atoms with E-state index in [0.29, 0.717) is 12.2 Å². The van der Waals surface area contributed by atoms with Crippen molar-refractivity contribution in [3.8, 4) is 0 Å². The molecular formula is C15H20O3. The monoisotopic (exact) mass is 248 g/mol. The van der Waals surface area contributed by atoms with Gasteiger partial charge in [0.15, 0.2) is 5.78 Å². The number of rotatable bonds is 5. The summed E-state index contributed by atoms with van der Waals surface area (Å²) in [6.45, 7) is 8.09. The van der Waals surface area contributed by atoms with Gasteiger partial charge in [-0.1, -0.05) is 12.1 Å². The number of Topliss-reactive ketones (excluding diaryl/α,β-unsaturated/α-hetero) is 1. The summed E-state index contributed by atoms with van der Waals surface area (Å²) in [5.74, 6) is -0.309. The lowest BCUT2D eigenvalue weighted by Gasteiger charge is -2.10. The molecule has 3 heteroatoms. The predicted molar refractivity (Wildman–Crippen MR) is 70.9 cm³/mol. The molecule has 3 nitrogen and oxygen atoms in total. The van der Waals surface area contributed by atoms with Gasteiger partial charge in [0.1, 0.15) is 0 Å². The number of esters is 1. The van der Waals surface area contributed by atoms with Crippen LogP contribution in [0.5, 0.6) is 0 Å². The molecule has 0 spiro atoms. The van der Waals surface area contributed by atoms with Crippen LogP contribution in [0.1, 0.15) is 46.8 Å². The van der Waals surface area contributed by atoms with Crippen molar-refractivity contribution in [2.24, 2.45) is 0 Å². The minimum atomic E-state index is -0.313. The van der Waals surface area contributed by atoms with Crippen molar-refractivity contribution < 1.29 is 14.3 Å². The van der Waals surface area contributed by atoms with Crippen molar-refractivity contribution >= 4 is 11.8 Å². The molecule has 0 N–H and O–H groups in total. The second-order valence-electron chi connectivity index (χ2n) is 4.41. The lowest BCUT2D eigenvalue weighted by atomic mass is 9.95. The second kappa shape index (κ2) is 6.34. The predicted octanol–water partition coefficient (Wildman–Crippen LogP) is 3.14. The summed E-state index contributed by atoms with van der Waals surface area (Å²) >= 11 is 0. The standard InChI is InChI=1S/C15H20O3/c1-5-18-15(17)9-8-14(16)13-7-6-10(2)11(3)12(13)4/h6-7H,5,8-9H2,1-4H3. The molecule has 0 aliphatic rings. The second-order valence-corrected chi connectivity index (χ2v) is 4.41. The molecule has 0 radical (unpaired) electrons. The Labute approximate surface area is 108 Å². The number of carbonyl (C=O) groups excluding carboxylic acids is 2. The van der Waals surface area contributed by atoms with Gasteiger partial charge >= 0.3 is 5.97 Å². The van der Waals surface area contributed by atoms with E-state index in [1.807, 2.05) is 32.9 Å². The zero-order valence-corrected chi connectivity index (χ0v) is 11.5. The Hall–Kier alpha value is -1.64. The average Bonchev–Trinajstić information content (AvgIpc) is 2.34. The fourth-order valence-corrected chi connectivity index (χ4v) is 1.84. The Bertz CT molecular complexity index is 461. The number of aryl methyl sites for hydroxylation is 1. The third-order valence-corrected chi connectivity index (χ3v) is 3.22. The van der Waals surface area contributed by atoms with Crippen molar-refractivity contribution in [1.29, 1.82) is 0 Å². The summed E-state index contributed by atoms with van der Waals surface area (Å²) in [7, 11) is 0. The molecular weight excluding hydrogens is 228 g/mol. The maximum absolute atomic E-state index is 12.0. The lowest BCUT2D eigenvalue weighted by molar-refractivity contribution is -0.143. The van der Waals surface area contributed by atoms with Crippen molar-refractivity contribution in [1.82, 2.24) is 0 Å². The van der Waals surface area contributed by atoms with Gasteiger partial charge < -0.3 is 4.74 Å². The normalized spacial score (nSPS) is 10.2. The van der Waals surface area contributed by atoms with Crippen LogP contribution in [0.2, 0.25) is 0 Å². The maximum atomic E-state index is 12.0. The summed E-state index contributed by atoms with van der Waals surface area (Å²) in [5.41, 5.74) is 4.03. The van der Waals surface area contributed by atoms with Gasteiger partial charge in [-0.2, -0.15) is 0 Å². The van der Waals surface area contributed by atoms with Crippen LogP contribution in [0.3, 0.4) is 0 Å². The van der Waals surface area contributed by atoms with E-state index in [0.717, 1.165) is 11.1 Å². The van der Waals surface area contributed by atoms with E-state index < -0.39 is 0 Å². The van der Waals surface area contributed by atoms with Crippen LogP contribution >= 0.6 is 0 Å². The molecule has 1 aromatic rings. The van der Waals surface area contributed by atoms with Crippen LogP contribution in [0.15, 0.2) is 12.1 Å². The highest BCUT2D eigenvalue weighted by Crippen LogP contribution is 2.19. The highest BCUT2D eigenvalue weighted by molar-refractivity contribution is 5.99. The first-order valence-electron chi connectivity index (χ1n) is 6.23. The van der Waals surface area contributed by atoms with E-state index in [4.69, 9.17) is 4.74 Å². The highest BCUT2D eigenvalue weighted by atomic mass is 16.5. The topological polar surface area (TPSA) is 43.4 Å². The first-order chi connectivity index (χ1) is 8.47. The third-order valence-electron chi connectivity index (χ3n) is 3.22. The minimum absolute atomic E-state index is 0.00338. The van der Waals surface area contributed by atoms with E-state index >= 15 is 0 Å². The van der Waals surface area contributed by atoms with Gasteiger partial charge in [0.2, 0.25) is 0 Å². The molecule has 0 bridgehead atoms. The summed E-state index contributed by atoms with van der Waals surface area (Å²) in [6, 6.07) is 3.78. The summed E-state index contributed by atoms with van der Waals surface area (Å²) in [6.07, 6.45) is 0.362. The van der Waals surface area contributed by atoms with E-state index in [1.54, 1.807) is 6.92 Å². The largest absolute Gasteiger partial charge is 0.466 e. The number of benzene rings is 1. The molecule has 1 aromatic carbocycles. The molecule has 0 heterocycles. The van der Waals surface area contributed by atoms with E-state index in [2.05, 4.69) is 0 Å². The van der Waals surface area contributed by atoms with Crippen LogP contribution in [0.25, 0.3) is 0 Å². The van der Waals surface area contributed by atoms with Gasteiger partial charge in [0.25, 0.3) is 0 Å². The van der Waals surface area contributed by atoms with Crippen LogP contribution in [-0.4, -0.2) is 18.4 Å². The smallest absolute Gasteiger partial charge is 0.306 e. The molecule has 1 rings (SSSR count). The van der Waals surface area contributed by atoms with Gasteiger partial charge in [0.05, 0.1) is 13.0 Å². The van der Waals surface area contributed by atoms with Crippen molar-refractivity contribution in [2.45, 2.75) is 40.5 Å². The summed E-state index contributed by atoms with van der Waals surface area (Å²) < 4.78 is 4.81. The van der Waals surface area contributed by atoms with E-state index in [9.17, 15) is 9.59 Å². The molecule has 0 aliphatic heterocycles. The fraction of sp³-hybridized carbons (Fsp3) is 0.467. The Morgan fingerprint density at radius 2 is 1.72 bits per heavy atom. The number of ether oxygens (including phenoxy) is 1. The molecule has 0 saturated carbocycles. The van der Waals surface area contributed by atoms with Crippen molar-refractivity contribution in [3.63, 3.8) is 0 Å². The molecule has 0 unspecified atom stereocenters. The molecule has 0 saturated heterocycles. The number of hydrogen-bond donors (Lipinski definition) is 0.